The number of benzene rings is 1. The smallest absolute Gasteiger partial charge is 0.237 e. The van der Waals surface area contributed by atoms with Crippen molar-refractivity contribution in [1.82, 2.24) is 5.32 Å². The fraction of sp³-hybridized carbons (Fsp3) is 0.533. The Hall–Kier alpha value is -1.39. The van der Waals surface area contributed by atoms with Crippen LogP contribution in [0.5, 0.6) is 0 Å². The van der Waals surface area contributed by atoms with E-state index in [0.29, 0.717) is 6.42 Å². The number of hydrogen-bond donors (Lipinski definition) is 3. The van der Waals surface area contributed by atoms with Crippen LogP contribution in [0.2, 0.25) is 0 Å². The van der Waals surface area contributed by atoms with Crippen LogP contribution in [0.4, 0.5) is 0 Å². The zero-order chi connectivity index (χ0) is 14.3. The molecular weight excluding hydrogens is 240 g/mol. The maximum absolute atomic E-state index is 12.0. The largest absolute Gasteiger partial charge is 0.394 e. The molecule has 1 aromatic carbocycles. The van der Waals surface area contributed by atoms with Crippen LogP contribution in [0.1, 0.15) is 25.8 Å². The van der Waals surface area contributed by atoms with Gasteiger partial charge < -0.3 is 16.2 Å². The van der Waals surface area contributed by atoms with Crippen molar-refractivity contribution in [3.63, 3.8) is 0 Å². The van der Waals surface area contributed by atoms with Crippen molar-refractivity contribution in [3.8, 4) is 0 Å². The van der Waals surface area contributed by atoms with E-state index in [1.54, 1.807) is 0 Å². The molecule has 0 bridgehead atoms. The van der Waals surface area contributed by atoms with Gasteiger partial charge in [-0.1, -0.05) is 50.6 Å². The van der Waals surface area contributed by atoms with E-state index in [2.05, 4.69) is 5.32 Å². The number of aliphatic hydroxyl groups is 1. The predicted octanol–water partition coefficient (Wildman–Crippen LogP) is 1.08. The number of hydrogen-bond acceptors (Lipinski definition) is 3. The molecular formula is C15H24N2O2. The standard InChI is InChI=1S/C15H24N2O2/c1-3-11(2)14(16)15(19)17-13(10-18)9-12-7-5-4-6-8-12/h4-8,11,13-14,18H,3,9-10,16H2,1-2H3,(H,17,19)/t11?,13-,14?/m0/s1. The molecule has 0 heterocycles. The molecule has 0 saturated heterocycles. The Morgan fingerprint density at radius 3 is 2.53 bits per heavy atom. The van der Waals surface area contributed by atoms with E-state index >= 15 is 0 Å². The van der Waals surface area contributed by atoms with Gasteiger partial charge in [0.25, 0.3) is 0 Å². The lowest BCUT2D eigenvalue weighted by atomic mass is 9.98. The molecule has 0 radical (unpaired) electrons. The van der Waals surface area contributed by atoms with Gasteiger partial charge in [-0.2, -0.15) is 0 Å². The number of carbonyl (C=O) groups excluding carboxylic acids is 1. The molecule has 106 valence electrons. The Morgan fingerprint density at radius 1 is 1.37 bits per heavy atom. The van der Waals surface area contributed by atoms with Gasteiger partial charge in [0.15, 0.2) is 0 Å². The van der Waals surface area contributed by atoms with Gasteiger partial charge >= 0.3 is 0 Å². The summed E-state index contributed by atoms with van der Waals surface area (Å²) in [4.78, 5) is 12.0. The molecule has 0 saturated carbocycles. The van der Waals surface area contributed by atoms with Crippen LogP contribution >= 0.6 is 0 Å². The Kier molecular flexibility index (Phi) is 6.53. The number of aliphatic hydroxyl groups excluding tert-OH is 1. The van der Waals surface area contributed by atoms with Gasteiger partial charge in [-0.25, -0.2) is 0 Å². The SMILES string of the molecule is CCC(C)C(N)C(=O)N[C@H](CO)Cc1ccccc1. The van der Waals surface area contributed by atoms with E-state index in [0.717, 1.165) is 12.0 Å². The molecule has 19 heavy (non-hydrogen) atoms. The highest BCUT2D eigenvalue weighted by Gasteiger charge is 2.21. The van der Waals surface area contributed by atoms with Crippen molar-refractivity contribution < 1.29 is 9.90 Å². The van der Waals surface area contributed by atoms with E-state index in [1.807, 2.05) is 44.2 Å². The normalized spacial score (nSPS) is 15.6. The van der Waals surface area contributed by atoms with Crippen molar-refractivity contribution in [2.45, 2.75) is 38.8 Å². The summed E-state index contributed by atoms with van der Waals surface area (Å²) in [5.74, 6) is -0.0552. The lowest BCUT2D eigenvalue weighted by molar-refractivity contribution is -0.124. The zero-order valence-electron chi connectivity index (χ0n) is 11.7. The highest BCUT2D eigenvalue weighted by Crippen LogP contribution is 2.07. The third-order valence-corrected chi connectivity index (χ3v) is 3.45. The molecule has 1 rings (SSSR count). The molecule has 1 aromatic rings. The maximum atomic E-state index is 12.0. The van der Waals surface area contributed by atoms with Crippen molar-refractivity contribution in [2.24, 2.45) is 11.7 Å². The minimum absolute atomic E-state index is 0.0894. The average Bonchev–Trinajstić information content (AvgIpc) is 2.45. The van der Waals surface area contributed by atoms with Gasteiger partial charge in [-0.15, -0.1) is 0 Å². The summed E-state index contributed by atoms with van der Waals surface area (Å²) in [7, 11) is 0. The molecule has 0 spiro atoms. The summed E-state index contributed by atoms with van der Waals surface area (Å²) in [6.45, 7) is 3.87. The number of nitrogens with one attached hydrogen (secondary N) is 1. The summed E-state index contributed by atoms with van der Waals surface area (Å²) >= 11 is 0. The summed E-state index contributed by atoms with van der Waals surface area (Å²) in [5, 5.41) is 12.2. The van der Waals surface area contributed by atoms with Crippen LogP contribution in [-0.4, -0.2) is 29.7 Å². The average molecular weight is 264 g/mol. The number of carbonyl (C=O) groups is 1. The van der Waals surface area contributed by atoms with Gasteiger partial charge in [-0.05, 0) is 17.9 Å². The van der Waals surface area contributed by atoms with Gasteiger partial charge in [0, 0.05) is 0 Å². The van der Waals surface area contributed by atoms with Crippen LogP contribution in [-0.2, 0) is 11.2 Å². The van der Waals surface area contributed by atoms with Crippen molar-refractivity contribution in [1.29, 1.82) is 0 Å². The Morgan fingerprint density at radius 2 is 2.00 bits per heavy atom. The Balaban J connectivity index is 2.55. The van der Waals surface area contributed by atoms with E-state index < -0.39 is 6.04 Å². The van der Waals surface area contributed by atoms with Gasteiger partial charge in [0.2, 0.25) is 5.91 Å². The monoisotopic (exact) mass is 264 g/mol. The number of nitrogens with two attached hydrogens (primary N) is 1. The molecule has 3 atom stereocenters. The predicted molar refractivity (Wildman–Crippen MR) is 76.6 cm³/mol. The molecule has 4 N–H and O–H groups in total. The van der Waals surface area contributed by atoms with E-state index in [9.17, 15) is 9.90 Å². The zero-order valence-corrected chi connectivity index (χ0v) is 11.7. The van der Waals surface area contributed by atoms with Crippen molar-refractivity contribution in [3.05, 3.63) is 35.9 Å². The molecule has 0 aliphatic rings. The van der Waals surface area contributed by atoms with Crippen molar-refractivity contribution >= 4 is 5.91 Å². The molecule has 4 heteroatoms. The Bertz CT molecular complexity index is 381. The highest BCUT2D eigenvalue weighted by molar-refractivity contribution is 5.82. The second-order valence-corrected chi connectivity index (χ2v) is 4.99. The molecule has 0 aliphatic heterocycles. The minimum Gasteiger partial charge on any atom is -0.394 e. The summed E-state index contributed by atoms with van der Waals surface area (Å²) in [5.41, 5.74) is 6.96. The number of rotatable bonds is 7. The topological polar surface area (TPSA) is 75.4 Å². The number of amides is 1. The van der Waals surface area contributed by atoms with Crippen LogP contribution < -0.4 is 11.1 Å². The first kappa shape index (κ1) is 15.7. The molecule has 0 aliphatic carbocycles. The molecule has 2 unspecified atom stereocenters. The van der Waals surface area contributed by atoms with Crippen LogP contribution in [0.25, 0.3) is 0 Å². The molecule has 4 nitrogen and oxygen atoms in total. The first-order valence-electron chi connectivity index (χ1n) is 6.79. The first-order valence-corrected chi connectivity index (χ1v) is 6.79. The maximum Gasteiger partial charge on any atom is 0.237 e. The fourth-order valence-corrected chi connectivity index (χ4v) is 1.87. The highest BCUT2D eigenvalue weighted by atomic mass is 16.3. The summed E-state index contributed by atoms with van der Waals surface area (Å²) in [6, 6.07) is 8.97. The minimum atomic E-state index is -0.519. The van der Waals surface area contributed by atoms with Crippen LogP contribution in [0, 0.1) is 5.92 Å². The summed E-state index contributed by atoms with van der Waals surface area (Å²) in [6.07, 6.45) is 1.47. The lowest BCUT2D eigenvalue weighted by Crippen LogP contribution is -2.50. The summed E-state index contributed by atoms with van der Waals surface area (Å²) < 4.78 is 0. The molecule has 0 fully saturated rings. The second kappa shape index (κ2) is 7.92. The molecule has 1 amide bonds. The van der Waals surface area contributed by atoms with E-state index in [1.165, 1.54) is 0 Å². The fourth-order valence-electron chi connectivity index (χ4n) is 1.87. The molecule has 0 aromatic heterocycles. The van der Waals surface area contributed by atoms with Gasteiger partial charge in [0.05, 0.1) is 18.7 Å². The van der Waals surface area contributed by atoms with E-state index in [-0.39, 0.29) is 24.5 Å². The van der Waals surface area contributed by atoms with Gasteiger partial charge in [-0.3, -0.25) is 4.79 Å². The lowest BCUT2D eigenvalue weighted by Gasteiger charge is -2.22. The van der Waals surface area contributed by atoms with Crippen LogP contribution in [0.3, 0.4) is 0 Å². The van der Waals surface area contributed by atoms with E-state index in [4.69, 9.17) is 5.73 Å². The Labute approximate surface area is 115 Å². The van der Waals surface area contributed by atoms with Gasteiger partial charge in [0.1, 0.15) is 0 Å². The third kappa shape index (κ3) is 5.01. The van der Waals surface area contributed by atoms with Crippen molar-refractivity contribution in [2.75, 3.05) is 6.61 Å². The quantitative estimate of drug-likeness (QED) is 0.690. The third-order valence-electron chi connectivity index (χ3n) is 3.45. The first-order chi connectivity index (χ1) is 9.08. The van der Waals surface area contributed by atoms with Crippen LogP contribution in [0.15, 0.2) is 30.3 Å². The second-order valence-electron chi connectivity index (χ2n) is 4.99.